The fraction of sp³-hybridized carbons (Fsp3) is 0.167. The number of halogens is 1. The van der Waals surface area contributed by atoms with Crippen LogP contribution in [0.4, 0.5) is 15.9 Å². The molecule has 23 heavy (non-hydrogen) atoms. The summed E-state index contributed by atoms with van der Waals surface area (Å²) in [5, 5.41) is 0. The second-order valence-corrected chi connectivity index (χ2v) is 5.60. The zero-order valence-corrected chi connectivity index (χ0v) is 12.7. The summed E-state index contributed by atoms with van der Waals surface area (Å²) in [5.74, 6) is 1.23. The van der Waals surface area contributed by atoms with Crippen molar-refractivity contribution in [3.05, 3.63) is 65.9 Å². The van der Waals surface area contributed by atoms with Gasteiger partial charge in [0.2, 0.25) is 0 Å². The van der Waals surface area contributed by atoms with E-state index in [2.05, 4.69) is 19.9 Å². The topological polar surface area (TPSA) is 41.9 Å². The maximum atomic E-state index is 13.6. The van der Waals surface area contributed by atoms with Crippen molar-refractivity contribution in [1.29, 1.82) is 0 Å². The average Bonchev–Trinajstić information content (AvgIpc) is 2.98. The van der Waals surface area contributed by atoms with Gasteiger partial charge in [-0.25, -0.2) is 14.4 Å². The van der Waals surface area contributed by atoms with Crippen molar-refractivity contribution in [2.75, 3.05) is 11.4 Å². The van der Waals surface area contributed by atoms with Gasteiger partial charge in [0.05, 0.1) is 0 Å². The largest absolute Gasteiger partial charge is 0.326 e. The van der Waals surface area contributed by atoms with Crippen molar-refractivity contribution >= 4 is 11.5 Å². The molecule has 4 rings (SSSR count). The number of nitrogens with zero attached hydrogens (tertiary/aromatic N) is 4. The third-order valence-corrected chi connectivity index (χ3v) is 4.00. The number of benzene rings is 1. The van der Waals surface area contributed by atoms with Gasteiger partial charge in [-0.1, -0.05) is 6.07 Å². The fourth-order valence-electron chi connectivity index (χ4n) is 2.91. The lowest BCUT2D eigenvalue weighted by Gasteiger charge is -2.19. The third-order valence-electron chi connectivity index (χ3n) is 4.00. The van der Waals surface area contributed by atoms with Crippen molar-refractivity contribution in [2.24, 2.45) is 0 Å². The van der Waals surface area contributed by atoms with Gasteiger partial charge in [0.25, 0.3) is 0 Å². The summed E-state index contributed by atoms with van der Waals surface area (Å²) in [6.45, 7) is 2.74. The number of aromatic nitrogens is 3. The molecule has 5 heteroatoms. The second-order valence-electron chi connectivity index (χ2n) is 5.60. The van der Waals surface area contributed by atoms with Crippen LogP contribution in [0.5, 0.6) is 0 Å². The maximum absolute atomic E-state index is 13.6. The molecule has 1 aromatic carbocycles. The standard InChI is InChI=1S/C18H15FN4/c1-12-10-17(22-18(21-12)14-4-7-20-8-5-14)23-9-6-13-2-3-15(19)11-16(13)23/h2-5,7-8,10-11H,6,9H2,1H3. The highest BCUT2D eigenvalue weighted by Crippen LogP contribution is 2.34. The molecule has 0 aliphatic carbocycles. The van der Waals surface area contributed by atoms with E-state index in [1.807, 2.05) is 31.2 Å². The Morgan fingerprint density at radius 2 is 1.87 bits per heavy atom. The molecule has 0 radical (unpaired) electrons. The summed E-state index contributed by atoms with van der Waals surface area (Å²) in [7, 11) is 0. The first-order valence-corrected chi connectivity index (χ1v) is 7.53. The number of hydrogen-bond donors (Lipinski definition) is 0. The minimum atomic E-state index is -0.226. The predicted molar refractivity (Wildman–Crippen MR) is 87.1 cm³/mol. The highest BCUT2D eigenvalue weighted by molar-refractivity contribution is 5.69. The molecule has 1 aliphatic rings. The molecule has 3 heterocycles. The van der Waals surface area contributed by atoms with Crippen LogP contribution in [0.1, 0.15) is 11.3 Å². The van der Waals surface area contributed by atoms with Gasteiger partial charge in [0.1, 0.15) is 11.6 Å². The Bertz CT molecular complexity index is 864. The number of fused-ring (bicyclic) bond motifs is 1. The molecule has 1 aliphatic heterocycles. The second kappa shape index (κ2) is 5.43. The fourth-order valence-corrected chi connectivity index (χ4v) is 2.91. The quantitative estimate of drug-likeness (QED) is 0.724. The molecule has 0 bridgehead atoms. The third kappa shape index (κ3) is 2.54. The Balaban J connectivity index is 1.80. The van der Waals surface area contributed by atoms with E-state index in [-0.39, 0.29) is 5.82 Å². The van der Waals surface area contributed by atoms with Crippen LogP contribution in [0.2, 0.25) is 0 Å². The number of aryl methyl sites for hydroxylation is 1. The Hall–Kier alpha value is -2.82. The molecule has 0 amide bonds. The first-order valence-electron chi connectivity index (χ1n) is 7.53. The first-order chi connectivity index (χ1) is 11.2. The van der Waals surface area contributed by atoms with Gasteiger partial charge in [-0.15, -0.1) is 0 Å². The van der Waals surface area contributed by atoms with Gasteiger partial charge in [-0.05, 0) is 43.2 Å². The van der Waals surface area contributed by atoms with Crippen molar-refractivity contribution in [1.82, 2.24) is 15.0 Å². The van der Waals surface area contributed by atoms with E-state index in [1.54, 1.807) is 18.5 Å². The van der Waals surface area contributed by atoms with Crippen LogP contribution < -0.4 is 4.90 Å². The summed E-state index contributed by atoms with van der Waals surface area (Å²) in [6.07, 6.45) is 4.34. The minimum absolute atomic E-state index is 0.226. The van der Waals surface area contributed by atoms with Gasteiger partial charge < -0.3 is 4.90 Å². The van der Waals surface area contributed by atoms with Crippen LogP contribution in [0.25, 0.3) is 11.4 Å². The molecule has 0 atom stereocenters. The van der Waals surface area contributed by atoms with E-state index in [0.29, 0.717) is 5.82 Å². The van der Waals surface area contributed by atoms with Crippen molar-refractivity contribution < 1.29 is 4.39 Å². The molecule has 0 saturated carbocycles. The molecule has 3 aromatic rings. The highest BCUT2D eigenvalue weighted by Gasteiger charge is 2.22. The monoisotopic (exact) mass is 306 g/mol. The van der Waals surface area contributed by atoms with Crippen LogP contribution in [0, 0.1) is 12.7 Å². The van der Waals surface area contributed by atoms with Gasteiger partial charge >= 0.3 is 0 Å². The zero-order valence-electron chi connectivity index (χ0n) is 12.7. The Kier molecular flexibility index (Phi) is 3.26. The molecule has 0 spiro atoms. The lowest BCUT2D eigenvalue weighted by atomic mass is 10.2. The van der Waals surface area contributed by atoms with Gasteiger partial charge in [0.15, 0.2) is 5.82 Å². The zero-order chi connectivity index (χ0) is 15.8. The van der Waals surface area contributed by atoms with Gasteiger partial charge in [-0.2, -0.15) is 0 Å². The lowest BCUT2D eigenvalue weighted by Crippen LogP contribution is -2.16. The van der Waals surface area contributed by atoms with E-state index in [1.165, 1.54) is 6.07 Å². The smallest absolute Gasteiger partial charge is 0.161 e. The van der Waals surface area contributed by atoms with Crippen LogP contribution in [-0.2, 0) is 6.42 Å². The lowest BCUT2D eigenvalue weighted by molar-refractivity contribution is 0.628. The Labute approximate surface area is 133 Å². The van der Waals surface area contributed by atoms with Crippen molar-refractivity contribution in [2.45, 2.75) is 13.3 Å². The van der Waals surface area contributed by atoms with Gasteiger partial charge in [-0.3, -0.25) is 4.98 Å². The van der Waals surface area contributed by atoms with Crippen LogP contribution in [0.15, 0.2) is 48.8 Å². The molecule has 0 unspecified atom stereocenters. The summed E-state index contributed by atoms with van der Waals surface area (Å²) in [5.41, 5.74) is 3.84. The molecular weight excluding hydrogens is 291 g/mol. The molecule has 0 saturated heterocycles. The first kappa shape index (κ1) is 13.8. The van der Waals surface area contributed by atoms with E-state index in [0.717, 1.165) is 41.3 Å². The average molecular weight is 306 g/mol. The molecule has 4 nitrogen and oxygen atoms in total. The SMILES string of the molecule is Cc1cc(N2CCc3ccc(F)cc32)nc(-c2ccncc2)n1. The van der Waals surface area contributed by atoms with E-state index >= 15 is 0 Å². The van der Waals surface area contributed by atoms with E-state index < -0.39 is 0 Å². The van der Waals surface area contributed by atoms with Crippen molar-refractivity contribution in [3.8, 4) is 11.4 Å². The van der Waals surface area contributed by atoms with E-state index in [9.17, 15) is 4.39 Å². The van der Waals surface area contributed by atoms with Crippen LogP contribution in [-0.4, -0.2) is 21.5 Å². The molecule has 0 N–H and O–H groups in total. The maximum Gasteiger partial charge on any atom is 0.161 e. The Morgan fingerprint density at radius 3 is 2.70 bits per heavy atom. The summed E-state index contributed by atoms with van der Waals surface area (Å²) < 4.78 is 13.6. The Morgan fingerprint density at radius 1 is 1.04 bits per heavy atom. The number of pyridine rings is 1. The predicted octanol–water partition coefficient (Wildman–Crippen LogP) is 3.68. The minimum Gasteiger partial charge on any atom is -0.326 e. The molecule has 114 valence electrons. The molecule has 2 aromatic heterocycles. The number of anilines is 2. The summed E-state index contributed by atoms with van der Waals surface area (Å²) >= 11 is 0. The summed E-state index contributed by atoms with van der Waals surface area (Å²) in [6, 6.07) is 10.6. The number of hydrogen-bond acceptors (Lipinski definition) is 4. The normalized spacial score (nSPS) is 13.2. The highest BCUT2D eigenvalue weighted by atomic mass is 19.1. The number of rotatable bonds is 2. The van der Waals surface area contributed by atoms with E-state index in [4.69, 9.17) is 0 Å². The van der Waals surface area contributed by atoms with Crippen LogP contribution >= 0.6 is 0 Å². The molecule has 0 fully saturated rings. The van der Waals surface area contributed by atoms with Gasteiger partial charge in [0, 0.05) is 41.9 Å². The molecular formula is C18H15FN4. The summed E-state index contributed by atoms with van der Waals surface area (Å²) in [4.78, 5) is 15.3. The van der Waals surface area contributed by atoms with Crippen molar-refractivity contribution in [3.63, 3.8) is 0 Å². The van der Waals surface area contributed by atoms with Crippen LogP contribution in [0.3, 0.4) is 0 Å².